The third-order valence-corrected chi connectivity index (χ3v) is 2.93. The van der Waals surface area contributed by atoms with Gasteiger partial charge < -0.3 is 20.1 Å². The van der Waals surface area contributed by atoms with Crippen LogP contribution in [0.1, 0.15) is 27.2 Å². The zero-order valence-electron chi connectivity index (χ0n) is 13.1. The number of carbonyl (C=O) groups is 1. The molecule has 5 nitrogen and oxygen atoms in total. The average Bonchev–Trinajstić information content (AvgIpc) is 2.34. The third kappa shape index (κ3) is 8.18. The molecule has 1 amide bonds. The number of amides is 1. The predicted molar refractivity (Wildman–Crippen MR) is 76.9 cm³/mol. The van der Waals surface area contributed by atoms with Gasteiger partial charge in [-0.1, -0.05) is 20.8 Å². The van der Waals surface area contributed by atoms with Gasteiger partial charge in [0.15, 0.2) is 0 Å². The van der Waals surface area contributed by atoms with Crippen LogP contribution in [0.5, 0.6) is 0 Å². The van der Waals surface area contributed by atoms with Gasteiger partial charge in [0.1, 0.15) is 0 Å². The molecule has 0 aromatic rings. The topological polar surface area (TPSA) is 64.8 Å². The number of nitrogens with two attached hydrogens (primary N) is 1. The summed E-state index contributed by atoms with van der Waals surface area (Å²) in [6.45, 7) is 8.97. The van der Waals surface area contributed by atoms with Gasteiger partial charge in [-0.15, -0.1) is 0 Å². The van der Waals surface area contributed by atoms with Crippen LogP contribution in [0.3, 0.4) is 0 Å². The number of nitrogens with zero attached hydrogens (tertiary/aromatic N) is 1. The van der Waals surface area contributed by atoms with Gasteiger partial charge in [0.2, 0.25) is 5.91 Å². The first-order valence-electron chi connectivity index (χ1n) is 6.82. The van der Waals surface area contributed by atoms with Gasteiger partial charge in [-0.05, 0) is 11.8 Å². The first-order chi connectivity index (χ1) is 8.85. The van der Waals surface area contributed by atoms with Gasteiger partial charge in [-0.2, -0.15) is 0 Å². The number of hydrogen-bond acceptors (Lipinski definition) is 4. The van der Waals surface area contributed by atoms with E-state index in [1.165, 1.54) is 0 Å². The van der Waals surface area contributed by atoms with Gasteiger partial charge in [-0.3, -0.25) is 4.79 Å². The summed E-state index contributed by atoms with van der Waals surface area (Å²) in [6.07, 6.45) is 0.790. The molecule has 0 radical (unpaired) electrons. The van der Waals surface area contributed by atoms with E-state index in [0.717, 1.165) is 6.42 Å². The Kier molecular flexibility index (Phi) is 8.97. The Labute approximate surface area is 117 Å². The third-order valence-electron chi connectivity index (χ3n) is 2.93. The van der Waals surface area contributed by atoms with Crippen LogP contribution in [0.4, 0.5) is 0 Å². The molecule has 0 aliphatic rings. The molecule has 0 spiro atoms. The standard InChI is InChI=1S/C14H30N2O3/c1-14(2,3)10-12(11-15)13(17)16(6-8-18-4)7-9-19-5/h12H,6-11,15H2,1-5H3. The zero-order valence-corrected chi connectivity index (χ0v) is 13.1. The van der Waals surface area contributed by atoms with Crippen molar-refractivity contribution in [2.75, 3.05) is 47.1 Å². The maximum Gasteiger partial charge on any atom is 0.227 e. The summed E-state index contributed by atoms with van der Waals surface area (Å²) < 4.78 is 10.1. The number of carbonyl (C=O) groups excluding carboxylic acids is 1. The summed E-state index contributed by atoms with van der Waals surface area (Å²) in [5.74, 6) is -0.0276. The van der Waals surface area contributed by atoms with Gasteiger partial charge >= 0.3 is 0 Å². The van der Waals surface area contributed by atoms with Crippen molar-refractivity contribution in [3.8, 4) is 0 Å². The Morgan fingerprint density at radius 1 is 1.16 bits per heavy atom. The van der Waals surface area contributed by atoms with E-state index in [0.29, 0.717) is 32.8 Å². The second-order valence-electron chi connectivity index (χ2n) is 6.01. The molecule has 0 rings (SSSR count). The first kappa shape index (κ1) is 18.4. The highest BCUT2D eigenvalue weighted by Crippen LogP contribution is 2.25. The normalized spacial score (nSPS) is 13.4. The molecular weight excluding hydrogens is 244 g/mol. The van der Waals surface area contributed by atoms with Crippen LogP contribution in [0.25, 0.3) is 0 Å². The lowest BCUT2D eigenvalue weighted by molar-refractivity contribution is -0.137. The van der Waals surface area contributed by atoms with Crippen molar-refractivity contribution < 1.29 is 14.3 Å². The highest BCUT2D eigenvalue weighted by Gasteiger charge is 2.27. The molecule has 0 saturated heterocycles. The van der Waals surface area contributed by atoms with E-state index in [9.17, 15) is 4.79 Å². The zero-order chi connectivity index (χ0) is 14.9. The molecule has 114 valence electrons. The van der Waals surface area contributed by atoms with Crippen molar-refractivity contribution in [1.29, 1.82) is 0 Å². The van der Waals surface area contributed by atoms with E-state index in [2.05, 4.69) is 20.8 Å². The summed E-state index contributed by atoms with van der Waals surface area (Å²) in [7, 11) is 3.27. The summed E-state index contributed by atoms with van der Waals surface area (Å²) >= 11 is 0. The van der Waals surface area contributed by atoms with E-state index in [1.54, 1.807) is 19.1 Å². The van der Waals surface area contributed by atoms with Gasteiger partial charge in [0, 0.05) is 33.9 Å². The Morgan fingerprint density at radius 3 is 1.95 bits per heavy atom. The molecule has 1 unspecified atom stereocenters. The predicted octanol–water partition coefficient (Wildman–Crippen LogP) is 1.12. The van der Waals surface area contributed by atoms with Crippen molar-refractivity contribution in [3.63, 3.8) is 0 Å². The molecular formula is C14H30N2O3. The fraction of sp³-hybridized carbons (Fsp3) is 0.929. The second-order valence-corrected chi connectivity index (χ2v) is 6.01. The highest BCUT2D eigenvalue weighted by atomic mass is 16.5. The highest BCUT2D eigenvalue weighted by molar-refractivity contribution is 5.79. The lowest BCUT2D eigenvalue weighted by atomic mass is 9.84. The fourth-order valence-corrected chi connectivity index (χ4v) is 2.00. The minimum atomic E-state index is -0.131. The molecule has 0 heterocycles. The van der Waals surface area contributed by atoms with E-state index >= 15 is 0 Å². The van der Waals surface area contributed by atoms with Crippen molar-refractivity contribution in [1.82, 2.24) is 4.90 Å². The van der Waals surface area contributed by atoms with Crippen LogP contribution in [0.2, 0.25) is 0 Å². The van der Waals surface area contributed by atoms with E-state index in [-0.39, 0.29) is 17.2 Å². The molecule has 0 fully saturated rings. The van der Waals surface area contributed by atoms with Crippen LogP contribution in [-0.4, -0.2) is 57.9 Å². The summed E-state index contributed by atoms with van der Waals surface area (Å²) in [6, 6.07) is 0. The number of ether oxygens (including phenoxy) is 2. The van der Waals surface area contributed by atoms with Crippen LogP contribution in [0.15, 0.2) is 0 Å². The van der Waals surface area contributed by atoms with E-state index in [4.69, 9.17) is 15.2 Å². The molecule has 19 heavy (non-hydrogen) atoms. The molecule has 0 aliphatic heterocycles. The van der Waals surface area contributed by atoms with Crippen LogP contribution in [-0.2, 0) is 14.3 Å². The fourth-order valence-electron chi connectivity index (χ4n) is 2.00. The Hall–Kier alpha value is -0.650. The monoisotopic (exact) mass is 274 g/mol. The number of rotatable bonds is 9. The largest absolute Gasteiger partial charge is 0.383 e. The molecule has 0 saturated carbocycles. The lowest BCUT2D eigenvalue weighted by Crippen LogP contribution is -2.43. The maximum atomic E-state index is 12.5. The molecule has 2 N–H and O–H groups in total. The van der Waals surface area contributed by atoms with E-state index < -0.39 is 0 Å². The Morgan fingerprint density at radius 2 is 1.63 bits per heavy atom. The lowest BCUT2D eigenvalue weighted by Gasteiger charge is -2.30. The Balaban J connectivity index is 4.62. The minimum Gasteiger partial charge on any atom is -0.383 e. The number of hydrogen-bond donors (Lipinski definition) is 1. The van der Waals surface area contributed by atoms with Gasteiger partial charge in [-0.25, -0.2) is 0 Å². The minimum absolute atomic E-state index is 0.0912. The van der Waals surface area contributed by atoms with Crippen molar-refractivity contribution in [3.05, 3.63) is 0 Å². The first-order valence-corrected chi connectivity index (χ1v) is 6.82. The second kappa shape index (κ2) is 9.28. The van der Waals surface area contributed by atoms with Crippen LogP contribution < -0.4 is 5.73 Å². The summed E-state index contributed by atoms with van der Waals surface area (Å²) in [5, 5.41) is 0. The quantitative estimate of drug-likeness (QED) is 0.684. The molecule has 1 atom stereocenters. The molecule has 0 aliphatic carbocycles. The van der Waals surface area contributed by atoms with Crippen molar-refractivity contribution >= 4 is 5.91 Å². The smallest absolute Gasteiger partial charge is 0.227 e. The van der Waals surface area contributed by atoms with Crippen LogP contribution >= 0.6 is 0 Å². The van der Waals surface area contributed by atoms with Gasteiger partial charge in [0.25, 0.3) is 0 Å². The van der Waals surface area contributed by atoms with Crippen molar-refractivity contribution in [2.24, 2.45) is 17.1 Å². The Bertz CT molecular complexity index is 244. The van der Waals surface area contributed by atoms with Crippen LogP contribution in [0, 0.1) is 11.3 Å². The maximum absolute atomic E-state index is 12.5. The molecule has 0 bridgehead atoms. The van der Waals surface area contributed by atoms with Crippen molar-refractivity contribution in [2.45, 2.75) is 27.2 Å². The average molecular weight is 274 g/mol. The summed E-state index contributed by atoms with van der Waals surface area (Å²) in [5.41, 5.74) is 5.86. The molecule has 0 aromatic carbocycles. The summed E-state index contributed by atoms with van der Waals surface area (Å²) in [4.78, 5) is 14.3. The van der Waals surface area contributed by atoms with E-state index in [1.807, 2.05) is 0 Å². The molecule has 0 aromatic heterocycles. The SMILES string of the molecule is COCCN(CCOC)C(=O)C(CN)CC(C)(C)C. The number of methoxy groups -OCH3 is 2. The van der Waals surface area contributed by atoms with Gasteiger partial charge in [0.05, 0.1) is 19.1 Å². The molecule has 5 heteroatoms.